The lowest BCUT2D eigenvalue weighted by Gasteiger charge is -2.12. The second kappa shape index (κ2) is 5.83. The van der Waals surface area contributed by atoms with Crippen LogP contribution in [0.5, 0.6) is 11.5 Å². The zero-order valence-corrected chi connectivity index (χ0v) is 12.1. The smallest absolute Gasteiger partial charge is 0.123 e. The van der Waals surface area contributed by atoms with Crippen LogP contribution in [0, 0.1) is 0 Å². The number of hydrogen-bond donors (Lipinski definition) is 2. The van der Waals surface area contributed by atoms with Crippen molar-refractivity contribution in [2.24, 2.45) is 0 Å². The summed E-state index contributed by atoms with van der Waals surface area (Å²) in [5.74, 6) is 0.377. The molecule has 0 aliphatic heterocycles. The van der Waals surface area contributed by atoms with E-state index in [0.717, 1.165) is 16.7 Å². The minimum absolute atomic E-state index is 0.0863. The van der Waals surface area contributed by atoms with Gasteiger partial charge in [0.2, 0.25) is 0 Å². The van der Waals surface area contributed by atoms with Gasteiger partial charge in [-0.15, -0.1) is 0 Å². The lowest BCUT2D eigenvalue weighted by atomic mass is 9.97. The quantitative estimate of drug-likeness (QED) is 0.786. The maximum Gasteiger partial charge on any atom is 0.123 e. The van der Waals surface area contributed by atoms with Gasteiger partial charge in [0.25, 0.3) is 0 Å². The van der Waals surface area contributed by atoms with Crippen LogP contribution in [-0.2, 0) is 0 Å². The van der Waals surface area contributed by atoms with Gasteiger partial charge in [0, 0.05) is 5.56 Å². The standard InChI is InChI=1S/C18H20O2/c1-12(2)18-16(19)10-14(11-17(18)20)9-13(3)15-7-5-4-6-8-15/h4-12,19-20H,1-3H3. The normalized spacial score (nSPS) is 11.9. The molecular weight excluding hydrogens is 248 g/mol. The van der Waals surface area contributed by atoms with E-state index in [4.69, 9.17) is 0 Å². The summed E-state index contributed by atoms with van der Waals surface area (Å²) in [5, 5.41) is 20.1. The first-order chi connectivity index (χ1) is 9.49. The Bertz CT molecular complexity index is 602. The Morgan fingerprint density at radius 2 is 1.55 bits per heavy atom. The Labute approximate surface area is 120 Å². The van der Waals surface area contributed by atoms with Gasteiger partial charge < -0.3 is 10.2 Å². The molecule has 0 aliphatic carbocycles. The van der Waals surface area contributed by atoms with Gasteiger partial charge in [0.15, 0.2) is 0 Å². The van der Waals surface area contributed by atoms with Crippen molar-refractivity contribution in [2.75, 3.05) is 0 Å². The predicted octanol–water partition coefficient (Wildman–Crippen LogP) is 4.78. The van der Waals surface area contributed by atoms with Crippen LogP contribution in [0.1, 0.15) is 43.4 Å². The first-order valence-corrected chi connectivity index (χ1v) is 6.78. The van der Waals surface area contributed by atoms with Crippen molar-refractivity contribution >= 4 is 11.6 Å². The summed E-state index contributed by atoms with van der Waals surface area (Å²) in [4.78, 5) is 0. The maximum atomic E-state index is 10.0. The molecule has 2 aromatic carbocycles. The summed E-state index contributed by atoms with van der Waals surface area (Å²) in [6.45, 7) is 5.90. The highest BCUT2D eigenvalue weighted by atomic mass is 16.3. The monoisotopic (exact) mass is 268 g/mol. The molecule has 0 radical (unpaired) electrons. The molecule has 0 spiro atoms. The molecule has 0 atom stereocenters. The molecule has 0 bridgehead atoms. The number of benzene rings is 2. The van der Waals surface area contributed by atoms with Gasteiger partial charge in [-0.1, -0.05) is 50.3 Å². The molecule has 0 amide bonds. The number of phenols is 2. The van der Waals surface area contributed by atoms with Crippen molar-refractivity contribution in [3.8, 4) is 11.5 Å². The first kappa shape index (κ1) is 14.2. The predicted molar refractivity (Wildman–Crippen MR) is 83.8 cm³/mol. The van der Waals surface area contributed by atoms with Gasteiger partial charge in [-0.05, 0) is 41.7 Å². The highest BCUT2D eigenvalue weighted by Gasteiger charge is 2.12. The Kier molecular flexibility index (Phi) is 4.14. The van der Waals surface area contributed by atoms with Crippen LogP contribution in [0.25, 0.3) is 11.6 Å². The second-order valence-electron chi connectivity index (χ2n) is 5.32. The second-order valence-corrected chi connectivity index (χ2v) is 5.32. The van der Waals surface area contributed by atoms with Gasteiger partial charge in [-0.3, -0.25) is 0 Å². The Morgan fingerprint density at radius 1 is 1.00 bits per heavy atom. The van der Waals surface area contributed by atoms with Crippen LogP contribution in [-0.4, -0.2) is 10.2 Å². The molecule has 0 aromatic heterocycles. The highest BCUT2D eigenvalue weighted by Crippen LogP contribution is 2.35. The van der Waals surface area contributed by atoms with E-state index in [1.165, 1.54) is 0 Å². The minimum atomic E-state index is 0.0863. The molecule has 20 heavy (non-hydrogen) atoms. The van der Waals surface area contributed by atoms with Gasteiger partial charge in [-0.2, -0.15) is 0 Å². The largest absolute Gasteiger partial charge is 0.507 e. The summed E-state index contributed by atoms with van der Waals surface area (Å²) in [5.41, 5.74) is 3.60. The fourth-order valence-corrected chi connectivity index (χ4v) is 2.35. The summed E-state index contributed by atoms with van der Waals surface area (Å²) >= 11 is 0. The van der Waals surface area contributed by atoms with Crippen LogP contribution in [0.3, 0.4) is 0 Å². The average Bonchev–Trinajstić information content (AvgIpc) is 2.38. The van der Waals surface area contributed by atoms with Crippen LogP contribution in [0.2, 0.25) is 0 Å². The number of allylic oxidation sites excluding steroid dienone is 1. The van der Waals surface area contributed by atoms with Crippen molar-refractivity contribution in [1.29, 1.82) is 0 Å². The number of rotatable bonds is 3. The number of aromatic hydroxyl groups is 2. The van der Waals surface area contributed by atoms with Crippen molar-refractivity contribution < 1.29 is 10.2 Å². The van der Waals surface area contributed by atoms with Crippen LogP contribution in [0.4, 0.5) is 0 Å². The van der Waals surface area contributed by atoms with Crippen molar-refractivity contribution in [2.45, 2.75) is 26.7 Å². The van der Waals surface area contributed by atoms with Gasteiger partial charge in [0.1, 0.15) is 11.5 Å². The third-order valence-electron chi connectivity index (χ3n) is 3.35. The van der Waals surface area contributed by atoms with Gasteiger partial charge in [-0.25, -0.2) is 0 Å². The van der Waals surface area contributed by atoms with E-state index >= 15 is 0 Å². The number of hydrogen-bond acceptors (Lipinski definition) is 2. The third kappa shape index (κ3) is 3.02. The molecule has 0 unspecified atom stereocenters. The summed E-state index contributed by atoms with van der Waals surface area (Å²) < 4.78 is 0. The first-order valence-electron chi connectivity index (χ1n) is 6.78. The lowest BCUT2D eigenvalue weighted by Crippen LogP contribution is -1.90. The van der Waals surface area contributed by atoms with E-state index in [0.29, 0.717) is 5.56 Å². The SMILES string of the molecule is CC(=Cc1cc(O)c(C(C)C)c(O)c1)c1ccccc1. The van der Waals surface area contributed by atoms with E-state index in [-0.39, 0.29) is 17.4 Å². The van der Waals surface area contributed by atoms with E-state index in [1.807, 2.05) is 57.2 Å². The highest BCUT2D eigenvalue weighted by molar-refractivity contribution is 5.81. The average molecular weight is 268 g/mol. The molecule has 0 fully saturated rings. The molecule has 0 aliphatic rings. The topological polar surface area (TPSA) is 40.5 Å². The van der Waals surface area contributed by atoms with Crippen LogP contribution >= 0.6 is 0 Å². The fourth-order valence-electron chi connectivity index (χ4n) is 2.35. The van der Waals surface area contributed by atoms with Crippen LogP contribution < -0.4 is 0 Å². The fraction of sp³-hybridized carbons (Fsp3) is 0.222. The Hall–Kier alpha value is -2.22. The Morgan fingerprint density at radius 3 is 2.05 bits per heavy atom. The molecule has 0 saturated carbocycles. The zero-order valence-electron chi connectivity index (χ0n) is 12.1. The van der Waals surface area contributed by atoms with E-state index in [2.05, 4.69) is 0 Å². The molecule has 104 valence electrons. The van der Waals surface area contributed by atoms with E-state index in [9.17, 15) is 10.2 Å². The van der Waals surface area contributed by atoms with Gasteiger partial charge >= 0.3 is 0 Å². The summed E-state index contributed by atoms with van der Waals surface area (Å²) in [6, 6.07) is 13.4. The Balaban J connectivity index is 2.40. The maximum absolute atomic E-state index is 10.0. The molecule has 2 rings (SSSR count). The molecular formula is C18H20O2. The minimum Gasteiger partial charge on any atom is -0.507 e. The molecule has 2 N–H and O–H groups in total. The third-order valence-corrected chi connectivity index (χ3v) is 3.35. The van der Waals surface area contributed by atoms with Crippen molar-refractivity contribution in [3.63, 3.8) is 0 Å². The lowest BCUT2D eigenvalue weighted by molar-refractivity contribution is 0.433. The zero-order chi connectivity index (χ0) is 14.7. The number of phenolic OH excluding ortho intramolecular Hbond substituents is 2. The summed E-state index contributed by atoms with van der Waals surface area (Å²) in [6.07, 6.45) is 1.96. The molecule has 2 heteroatoms. The van der Waals surface area contributed by atoms with E-state index < -0.39 is 0 Å². The van der Waals surface area contributed by atoms with Crippen molar-refractivity contribution in [3.05, 3.63) is 59.2 Å². The molecule has 0 saturated heterocycles. The molecule has 0 heterocycles. The van der Waals surface area contributed by atoms with Crippen LogP contribution in [0.15, 0.2) is 42.5 Å². The molecule has 2 nitrogen and oxygen atoms in total. The summed E-state index contributed by atoms with van der Waals surface area (Å²) in [7, 11) is 0. The van der Waals surface area contributed by atoms with Gasteiger partial charge in [0.05, 0.1) is 0 Å². The van der Waals surface area contributed by atoms with Crippen molar-refractivity contribution in [1.82, 2.24) is 0 Å². The molecule has 2 aromatic rings. The van der Waals surface area contributed by atoms with E-state index in [1.54, 1.807) is 12.1 Å².